The minimum atomic E-state index is -1.40. The number of hydrogen-bond donors (Lipinski definition) is 1. The van der Waals surface area contributed by atoms with Crippen molar-refractivity contribution in [2.24, 2.45) is 16.2 Å². The molecule has 22 heavy (non-hydrogen) atoms. The number of carbonyl (C=O) groups excluding carboxylic acids is 3. The van der Waals surface area contributed by atoms with E-state index >= 15 is 0 Å². The van der Waals surface area contributed by atoms with Crippen molar-refractivity contribution in [3.8, 4) is 0 Å². The molecule has 1 aromatic carbocycles. The van der Waals surface area contributed by atoms with E-state index in [-0.39, 0.29) is 5.69 Å². The van der Waals surface area contributed by atoms with Crippen molar-refractivity contribution < 1.29 is 18.8 Å². The highest BCUT2D eigenvalue weighted by molar-refractivity contribution is 6.49. The third kappa shape index (κ3) is 1.44. The van der Waals surface area contributed by atoms with Gasteiger partial charge in [-0.25, -0.2) is 4.39 Å². The summed E-state index contributed by atoms with van der Waals surface area (Å²) in [6.45, 7) is 5.31. The molecule has 2 saturated carbocycles. The molecule has 2 fully saturated rings. The Balaban J connectivity index is 2.04. The van der Waals surface area contributed by atoms with Crippen LogP contribution in [-0.4, -0.2) is 17.5 Å². The van der Waals surface area contributed by atoms with Crippen molar-refractivity contribution in [1.29, 1.82) is 0 Å². The third-order valence-corrected chi connectivity index (χ3v) is 6.05. The summed E-state index contributed by atoms with van der Waals surface area (Å²) in [6, 6.07) is 5.79. The largest absolute Gasteiger partial charge is 0.323 e. The van der Waals surface area contributed by atoms with E-state index in [0.29, 0.717) is 12.8 Å². The van der Waals surface area contributed by atoms with Gasteiger partial charge in [-0.3, -0.25) is 14.4 Å². The van der Waals surface area contributed by atoms with Gasteiger partial charge in [0.25, 0.3) is 0 Å². The fourth-order valence-corrected chi connectivity index (χ4v) is 4.06. The predicted molar refractivity (Wildman–Crippen MR) is 78.6 cm³/mol. The fourth-order valence-electron chi connectivity index (χ4n) is 4.06. The molecule has 1 N–H and O–H groups in total. The zero-order chi connectivity index (χ0) is 16.3. The summed E-state index contributed by atoms with van der Waals surface area (Å²) in [7, 11) is 0. The van der Waals surface area contributed by atoms with Crippen LogP contribution in [0, 0.1) is 22.1 Å². The summed E-state index contributed by atoms with van der Waals surface area (Å²) in [5, 5.41) is 2.51. The zero-order valence-electron chi connectivity index (χ0n) is 12.8. The highest BCUT2D eigenvalue weighted by atomic mass is 19.1. The second-order valence-corrected chi connectivity index (χ2v) is 6.95. The first-order chi connectivity index (χ1) is 10.2. The monoisotopic (exact) mass is 303 g/mol. The van der Waals surface area contributed by atoms with Gasteiger partial charge < -0.3 is 5.32 Å². The average Bonchev–Trinajstić information content (AvgIpc) is 2.74. The molecular weight excluding hydrogens is 285 g/mol. The zero-order valence-corrected chi connectivity index (χ0v) is 12.8. The molecule has 0 spiro atoms. The number of amides is 1. The maximum absolute atomic E-state index is 13.8. The van der Waals surface area contributed by atoms with Gasteiger partial charge in [-0.1, -0.05) is 32.9 Å². The van der Waals surface area contributed by atoms with E-state index in [2.05, 4.69) is 5.32 Å². The molecule has 4 nitrogen and oxygen atoms in total. The van der Waals surface area contributed by atoms with Crippen LogP contribution in [0.2, 0.25) is 0 Å². The Labute approximate surface area is 128 Å². The summed E-state index contributed by atoms with van der Waals surface area (Å²) in [5.41, 5.74) is -2.99. The van der Waals surface area contributed by atoms with Crippen LogP contribution in [0.15, 0.2) is 24.3 Å². The van der Waals surface area contributed by atoms with Gasteiger partial charge in [-0.2, -0.15) is 0 Å². The Kier molecular flexibility index (Phi) is 2.87. The Hall–Kier alpha value is -2.04. The quantitative estimate of drug-likeness (QED) is 0.675. The van der Waals surface area contributed by atoms with E-state index in [1.807, 2.05) is 0 Å². The van der Waals surface area contributed by atoms with Gasteiger partial charge in [0.15, 0.2) is 0 Å². The lowest BCUT2D eigenvalue weighted by Gasteiger charge is -2.37. The number of benzene rings is 1. The summed E-state index contributed by atoms with van der Waals surface area (Å²) < 4.78 is 13.8. The van der Waals surface area contributed by atoms with Crippen molar-refractivity contribution >= 4 is 23.2 Å². The third-order valence-electron chi connectivity index (χ3n) is 6.05. The van der Waals surface area contributed by atoms with Crippen LogP contribution < -0.4 is 5.32 Å². The molecule has 0 aliphatic heterocycles. The van der Waals surface area contributed by atoms with Gasteiger partial charge >= 0.3 is 0 Å². The van der Waals surface area contributed by atoms with E-state index in [0.717, 1.165) is 0 Å². The minimum absolute atomic E-state index is 0.0263. The molecule has 0 saturated heterocycles. The molecule has 1 aromatic rings. The average molecular weight is 303 g/mol. The first-order valence-corrected chi connectivity index (χ1v) is 7.34. The van der Waals surface area contributed by atoms with Crippen LogP contribution in [0.1, 0.15) is 33.6 Å². The molecule has 3 rings (SSSR count). The summed E-state index contributed by atoms with van der Waals surface area (Å²) in [6.07, 6.45) is 0.816. The molecule has 116 valence electrons. The molecular formula is C17H18FNO3. The van der Waals surface area contributed by atoms with Crippen LogP contribution >= 0.6 is 0 Å². The second kappa shape index (κ2) is 4.24. The van der Waals surface area contributed by atoms with Gasteiger partial charge in [0.2, 0.25) is 17.5 Å². The molecule has 2 bridgehead atoms. The van der Waals surface area contributed by atoms with Gasteiger partial charge in [0, 0.05) is 5.41 Å². The van der Waals surface area contributed by atoms with Crippen molar-refractivity contribution in [3.63, 3.8) is 0 Å². The van der Waals surface area contributed by atoms with Gasteiger partial charge in [-0.15, -0.1) is 0 Å². The predicted octanol–water partition coefficient (Wildman–Crippen LogP) is 2.73. The Morgan fingerprint density at radius 3 is 2.27 bits per heavy atom. The van der Waals surface area contributed by atoms with E-state index < -0.39 is 39.5 Å². The van der Waals surface area contributed by atoms with Crippen LogP contribution in [0.25, 0.3) is 0 Å². The maximum atomic E-state index is 13.8. The first-order valence-electron chi connectivity index (χ1n) is 7.34. The Morgan fingerprint density at radius 1 is 1.09 bits per heavy atom. The van der Waals surface area contributed by atoms with Crippen LogP contribution in [0.4, 0.5) is 10.1 Å². The highest BCUT2D eigenvalue weighted by Gasteiger charge is 2.77. The first kappa shape index (κ1) is 14.9. The van der Waals surface area contributed by atoms with Gasteiger partial charge in [0.1, 0.15) is 11.2 Å². The second-order valence-electron chi connectivity index (χ2n) is 6.95. The number of anilines is 1. The van der Waals surface area contributed by atoms with E-state index in [4.69, 9.17) is 0 Å². The molecule has 2 aliphatic rings. The number of rotatable bonds is 2. The van der Waals surface area contributed by atoms with Crippen molar-refractivity contribution in [1.82, 2.24) is 0 Å². The number of nitrogens with one attached hydrogen (secondary N) is 1. The van der Waals surface area contributed by atoms with Crippen molar-refractivity contribution in [2.45, 2.75) is 33.6 Å². The fraction of sp³-hybridized carbons (Fsp3) is 0.471. The molecule has 0 unspecified atom stereocenters. The lowest BCUT2D eigenvalue weighted by atomic mass is 9.64. The molecule has 0 radical (unpaired) electrons. The summed E-state index contributed by atoms with van der Waals surface area (Å²) >= 11 is 0. The summed E-state index contributed by atoms with van der Waals surface area (Å²) in [5.74, 6) is -2.27. The topological polar surface area (TPSA) is 63.2 Å². The van der Waals surface area contributed by atoms with Gasteiger partial charge in [0.05, 0.1) is 5.69 Å². The number of ketones is 2. The Morgan fingerprint density at radius 2 is 1.73 bits per heavy atom. The standard InChI is InChI=1S/C17H18FNO3/c1-15(2)16(3)8-9-17(15,13(21)12(16)20)14(22)19-11-7-5-4-6-10(11)18/h4-7H,8-9H2,1-3H3,(H,19,22)/t16-,17+/m1/s1. The molecule has 0 aromatic heterocycles. The van der Waals surface area contributed by atoms with Crippen molar-refractivity contribution in [3.05, 3.63) is 30.1 Å². The van der Waals surface area contributed by atoms with Crippen LogP contribution in [0.3, 0.4) is 0 Å². The lowest BCUT2D eigenvalue weighted by Crippen LogP contribution is -2.47. The van der Waals surface area contributed by atoms with E-state index in [1.54, 1.807) is 26.8 Å². The molecule has 2 aliphatic carbocycles. The number of para-hydroxylation sites is 1. The normalized spacial score (nSPS) is 32.4. The SMILES string of the molecule is CC1(C)[C@@]2(C(=O)Nc3ccccc3F)CC[C@]1(C)C(=O)C2=O. The Bertz CT molecular complexity index is 712. The van der Waals surface area contributed by atoms with Crippen LogP contribution in [0.5, 0.6) is 0 Å². The summed E-state index contributed by atoms with van der Waals surface area (Å²) in [4.78, 5) is 37.7. The van der Waals surface area contributed by atoms with Crippen LogP contribution in [-0.2, 0) is 14.4 Å². The lowest BCUT2D eigenvalue weighted by molar-refractivity contribution is -0.147. The van der Waals surface area contributed by atoms with Crippen molar-refractivity contribution in [2.75, 3.05) is 5.32 Å². The number of fused-ring (bicyclic) bond motifs is 2. The smallest absolute Gasteiger partial charge is 0.239 e. The minimum Gasteiger partial charge on any atom is -0.323 e. The van der Waals surface area contributed by atoms with E-state index in [1.165, 1.54) is 18.2 Å². The number of halogens is 1. The number of hydrogen-bond acceptors (Lipinski definition) is 3. The molecule has 0 heterocycles. The molecule has 2 atom stereocenters. The molecule has 1 amide bonds. The maximum Gasteiger partial charge on any atom is 0.239 e. The highest BCUT2D eigenvalue weighted by Crippen LogP contribution is 2.69. The number of carbonyl (C=O) groups is 3. The van der Waals surface area contributed by atoms with Gasteiger partial charge in [-0.05, 0) is 30.4 Å². The number of Topliss-reactive ketones (excluding diaryl/α,β-unsaturated/α-hetero) is 2. The molecule has 5 heteroatoms. The van der Waals surface area contributed by atoms with E-state index in [9.17, 15) is 18.8 Å².